The van der Waals surface area contributed by atoms with E-state index in [1.165, 1.54) is 0 Å². The number of carbonyl (C=O) groups is 1. The molecule has 6 heteroatoms. The lowest BCUT2D eigenvalue weighted by molar-refractivity contribution is 0.0717. The summed E-state index contributed by atoms with van der Waals surface area (Å²) in [6.45, 7) is 6.01. The second-order valence-electron chi connectivity index (χ2n) is 7.65. The molecule has 1 saturated carbocycles. The number of rotatable bonds is 3. The molecule has 0 saturated heterocycles. The molecule has 1 aromatic heterocycles. The summed E-state index contributed by atoms with van der Waals surface area (Å²) < 4.78 is 5.39. The van der Waals surface area contributed by atoms with Crippen LogP contribution in [-0.2, 0) is 5.41 Å². The number of amides is 1. The summed E-state index contributed by atoms with van der Waals surface area (Å²) in [5.74, 6) is 0.706. The van der Waals surface area contributed by atoms with Gasteiger partial charge in [0.2, 0.25) is 0 Å². The van der Waals surface area contributed by atoms with E-state index in [1.807, 2.05) is 26.8 Å². The third-order valence-corrected chi connectivity index (χ3v) is 4.54. The molecule has 1 heterocycles. The fourth-order valence-corrected chi connectivity index (χ4v) is 3.03. The topological polar surface area (TPSA) is 88.2 Å². The average Bonchev–Trinajstić information content (AvgIpc) is 3.07. The molecule has 3 rings (SSSR count). The van der Waals surface area contributed by atoms with E-state index in [9.17, 15) is 9.90 Å². The van der Waals surface area contributed by atoms with Crippen LogP contribution >= 0.6 is 0 Å². The molecule has 0 spiro atoms. The van der Waals surface area contributed by atoms with Crippen LogP contribution in [0.15, 0.2) is 28.8 Å². The highest BCUT2D eigenvalue weighted by molar-refractivity contribution is 6.00. The molecule has 25 heavy (non-hydrogen) atoms. The van der Waals surface area contributed by atoms with Crippen molar-refractivity contribution in [2.75, 3.05) is 0 Å². The molecule has 1 aromatic carbocycles. The number of hydrogen-bond acceptors (Lipinski definition) is 5. The van der Waals surface area contributed by atoms with Crippen LogP contribution in [0, 0.1) is 0 Å². The van der Waals surface area contributed by atoms with Gasteiger partial charge in [0, 0.05) is 5.41 Å². The summed E-state index contributed by atoms with van der Waals surface area (Å²) in [4.78, 5) is 17.2. The molecule has 2 atom stereocenters. The number of aliphatic hydroxyl groups is 1. The number of benzene rings is 1. The highest BCUT2D eigenvalue weighted by Gasteiger charge is 2.27. The predicted molar refractivity (Wildman–Crippen MR) is 94.2 cm³/mol. The number of hydrogen-bond donors (Lipinski definition) is 2. The van der Waals surface area contributed by atoms with E-state index in [1.54, 1.807) is 18.2 Å². The Kier molecular flexibility index (Phi) is 4.90. The van der Waals surface area contributed by atoms with Crippen molar-refractivity contribution >= 4 is 5.91 Å². The number of carbonyl (C=O) groups excluding carboxylic acids is 1. The van der Waals surface area contributed by atoms with Gasteiger partial charge in [0.15, 0.2) is 5.82 Å². The molecule has 1 aliphatic carbocycles. The van der Waals surface area contributed by atoms with Gasteiger partial charge in [-0.15, -0.1) is 0 Å². The van der Waals surface area contributed by atoms with Crippen molar-refractivity contribution in [3.63, 3.8) is 0 Å². The maximum Gasteiger partial charge on any atom is 0.258 e. The standard InChI is InChI=1S/C19H25N3O3/c1-19(2,3)18-21-17(25-22-18)13-9-5-4-8-12(13)16(24)20-14-10-6-7-11-15(14)23/h4-5,8-9,14-15,23H,6-7,10-11H2,1-3H3,(H,20,24). The fraction of sp³-hybridized carbons (Fsp3) is 0.526. The lowest BCUT2D eigenvalue weighted by Crippen LogP contribution is -2.45. The third-order valence-electron chi connectivity index (χ3n) is 4.54. The maximum absolute atomic E-state index is 12.7. The van der Waals surface area contributed by atoms with E-state index in [2.05, 4.69) is 15.5 Å². The number of nitrogens with one attached hydrogen (secondary N) is 1. The number of aromatic nitrogens is 2. The fourth-order valence-electron chi connectivity index (χ4n) is 3.03. The largest absolute Gasteiger partial charge is 0.391 e. The summed E-state index contributed by atoms with van der Waals surface area (Å²) in [5.41, 5.74) is 0.850. The predicted octanol–water partition coefficient (Wildman–Crippen LogP) is 3.07. The Bertz CT molecular complexity index is 748. The van der Waals surface area contributed by atoms with Gasteiger partial charge >= 0.3 is 0 Å². The number of nitrogens with zero attached hydrogens (tertiary/aromatic N) is 2. The van der Waals surface area contributed by atoms with Gasteiger partial charge in [-0.05, 0) is 25.0 Å². The van der Waals surface area contributed by atoms with Gasteiger partial charge in [-0.2, -0.15) is 4.98 Å². The van der Waals surface area contributed by atoms with Crippen molar-refractivity contribution in [1.29, 1.82) is 0 Å². The molecular formula is C19H25N3O3. The summed E-state index contributed by atoms with van der Waals surface area (Å²) in [7, 11) is 0. The Hall–Kier alpha value is -2.21. The monoisotopic (exact) mass is 343 g/mol. The molecular weight excluding hydrogens is 318 g/mol. The molecule has 1 amide bonds. The quantitative estimate of drug-likeness (QED) is 0.894. The van der Waals surface area contributed by atoms with Crippen molar-refractivity contribution in [1.82, 2.24) is 15.5 Å². The van der Waals surface area contributed by atoms with Gasteiger partial charge in [-0.1, -0.05) is 50.9 Å². The minimum absolute atomic E-state index is 0.206. The second-order valence-corrected chi connectivity index (χ2v) is 7.65. The molecule has 0 aliphatic heterocycles. The summed E-state index contributed by atoms with van der Waals surface area (Å²) in [6.07, 6.45) is 3.06. The van der Waals surface area contributed by atoms with Gasteiger partial charge in [0.05, 0.1) is 23.3 Å². The van der Waals surface area contributed by atoms with E-state index in [-0.39, 0.29) is 17.4 Å². The molecule has 0 bridgehead atoms. The van der Waals surface area contributed by atoms with Crippen molar-refractivity contribution in [2.24, 2.45) is 0 Å². The van der Waals surface area contributed by atoms with Gasteiger partial charge < -0.3 is 14.9 Å². The van der Waals surface area contributed by atoms with Crippen molar-refractivity contribution in [3.05, 3.63) is 35.7 Å². The lowest BCUT2D eigenvalue weighted by Gasteiger charge is -2.28. The smallest absolute Gasteiger partial charge is 0.258 e. The Morgan fingerprint density at radius 3 is 2.64 bits per heavy atom. The Balaban J connectivity index is 1.85. The zero-order valence-corrected chi connectivity index (χ0v) is 15.0. The average molecular weight is 343 g/mol. The Labute approximate surface area is 147 Å². The summed E-state index contributed by atoms with van der Waals surface area (Å²) in [6, 6.07) is 6.97. The van der Waals surface area contributed by atoms with E-state index in [0.29, 0.717) is 22.8 Å². The van der Waals surface area contributed by atoms with E-state index in [0.717, 1.165) is 25.7 Å². The second kappa shape index (κ2) is 6.96. The first kappa shape index (κ1) is 17.6. The van der Waals surface area contributed by atoms with E-state index >= 15 is 0 Å². The highest BCUT2D eigenvalue weighted by Crippen LogP contribution is 2.26. The maximum atomic E-state index is 12.7. The van der Waals surface area contributed by atoms with E-state index < -0.39 is 6.10 Å². The molecule has 1 fully saturated rings. The van der Waals surface area contributed by atoms with Crippen LogP contribution in [0.5, 0.6) is 0 Å². The summed E-state index contributed by atoms with van der Waals surface area (Å²) in [5, 5.41) is 17.1. The van der Waals surface area contributed by atoms with Crippen molar-refractivity contribution in [2.45, 2.75) is 64.0 Å². The zero-order chi connectivity index (χ0) is 18.0. The van der Waals surface area contributed by atoms with Gasteiger partial charge in [0.1, 0.15) is 0 Å². The van der Waals surface area contributed by atoms with Crippen LogP contribution in [0.2, 0.25) is 0 Å². The Morgan fingerprint density at radius 1 is 1.24 bits per heavy atom. The van der Waals surface area contributed by atoms with Gasteiger partial charge in [-0.3, -0.25) is 4.79 Å². The lowest BCUT2D eigenvalue weighted by atomic mass is 9.92. The van der Waals surface area contributed by atoms with Crippen LogP contribution in [0.25, 0.3) is 11.5 Å². The van der Waals surface area contributed by atoms with Crippen LogP contribution in [-0.4, -0.2) is 33.3 Å². The van der Waals surface area contributed by atoms with Crippen LogP contribution < -0.4 is 5.32 Å². The minimum Gasteiger partial charge on any atom is -0.391 e. The van der Waals surface area contributed by atoms with Gasteiger partial charge in [0.25, 0.3) is 11.8 Å². The highest BCUT2D eigenvalue weighted by atomic mass is 16.5. The first-order valence-electron chi connectivity index (χ1n) is 8.79. The van der Waals surface area contributed by atoms with Crippen molar-refractivity contribution in [3.8, 4) is 11.5 Å². The Morgan fingerprint density at radius 2 is 1.96 bits per heavy atom. The molecule has 134 valence electrons. The summed E-state index contributed by atoms with van der Waals surface area (Å²) >= 11 is 0. The zero-order valence-electron chi connectivity index (χ0n) is 15.0. The SMILES string of the molecule is CC(C)(C)c1noc(-c2ccccc2C(=O)NC2CCCCC2O)n1. The third kappa shape index (κ3) is 3.90. The number of aliphatic hydroxyl groups excluding tert-OH is 1. The molecule has 2 aromatic rings. The normalized spacial score (nSPS) is 21.1. The van der Waals surface area contributed by atoms with Crippen LogP contribution in [0.1, 0.15) is 62.6 Å². The van der Waals surface area contributed by atoms with Crippen LogP contribution in [0.3, 0.4) is 0 Å². The first-order valence-corrected chi connectivity index (χ1v) is 8.79. The molecule has 0 radical (unpaired) electrons. The molecule has 2 N–H and O–H groups in total. The van der Waals surface area contributed by atoms with Crippen molar-refractivity contribution < 1.29 is 14.4 Å². The van der Waals surface area contributed by atoms with E-state index in [4.69, 9.17) is 4.52 Å². The molecule has 6 nitrogen and oxygen atoms in total. The first-order chi connectivity index (χ1) is 11.9. The molecule has 2 unspecified atom stereocenters. The van der Waals surface area contributed by atoms with Crippen LogP contribution in [0.4, 0.5) is 0 Å². The van der Waals surface area contributed by atoms with Gasteiger partial charge in [-0.25, -0.2) is 0 Å². The molecule has 1 aliphatic rings. The minimum atomic E-state index is -0.485.